The maximum atomic E-state index is 12.4. The zero-order valence-corrected chi connectivity index (χ0v) is 11.1. The molecular weight excluding hydrogens is 242 g/mol. The summed E-state index contributed by atoms with van der Waals surface area (Å²) in [6.07, 6.45) is 0. The van der Waals surface area contributed by atoms with Gasteiger partial charge in [0.15, 0.2) is 5.76 Å². The summed E-state index contributed by atoms with van der Waals surface area (Å²) in [4.78, 5) is 2.33. The fourth-order valence-corrected chi connectivity index (χ4v) is 3.71. The van der Waals surface area contributed by atoms with E-state index in [4.69, 9.17) is 4.52 Å². The molecule has 0 unspecified atom stereocenters. The molecule has 2 heterocycles. The van der Waals surface area contributed by atoms with E-state index in [0.717, 1.165) is 13.1 Å². The lowest BCUT2D eigenvalue weighted by molar-refractivity contribution is 0.222. The fraction of sp³-hybridized carbons (Fsp3) is 0.700. The highest BCUT2D eigenvalue weighted by atomic mass is 32.2. The van der Waals surface area contributed by atoms with Crippen LogP contribution in [-0.2, 0) is 10.0 Å². The van der Waals surface area contributed by atoms with Crippen molar-refractivity contribution >= 4 is 10.0 Å². The summed E-state index contributed by atoms with van der Waals surface area (Å²) >= 11 is 0. The van der Waals surface area contributed by atoms with Gasteiger partial charge in [-0.2, -0.15) is 4.31 Å². The summed E-state index contributed by atoms with van der Waals surface area (Å²) in [7, 11) is -1.47. The Morgan fingerprint density at radius 1 is 1.18 bits per heavy atom. The van der Waals surface area contributed by atoms with E-state index in [1.165, 1.54) is 4.31 Å². The molecule has 1 fully saturated rings. The first-order valence-electron chi connectivity index (χ1n) is 5.54. The van der Waals surface area contributed by atoms with Gasteiger partial charge in [0.05, 0.1) is 0 Å². The van der Waals surface area contributed by atoms with Gasteiger partial charge in [-0.3, -0.25) is 0 Å². The number of aryl methyl sites for hydroxylation is 2. The van der Waals surface area contributed by atoms with Crippen molar-refractivity contribution in [2.24, 2.45) is 0 Å². The third-order valence-corrected chi connectivity index (χ3v) is 5.17. The molecule has 0 radical (unpaired) electrons. The van der Waals surface area contributed by atoms with E-state index in [1.807, 2.05) is 7.05 Å². The van der Waals surface area contributed by atoms with Gasteiger partial charge >= 0.3 is 0 Å². The number of hydrogen-bond donors (Lipinski definition) is 0. The molecule has 2 rings (SSSR count). The average molecular weight is 259 g/mol. The van der Waals surface area contributed by atoms with Gasteiger partial charge in [-0.05, 0) is 20.9 Å². The van der Waals surface area contributed by atoms with Crippen LogP contribution in [0.2, 0.25) is 0 Å². The number of sulfonamides is 1. The van der Waals surface area contributed by atoms with Crippen LogP contribution in [0.4, 0.5) is 0 Å². The summed E-state index contributed by atoms with van der Waals surface area (Å²) in [6, 6.07) is 0. The highest BCUT2D eigenvalue weighted by Gasteiger charge is 2.32. The molecule has 1 saturated heterocycles. The molecule has 6 nitrogen and oxygen atoms in total. The smallest absolute Gasteiger partial charge is 0.248 e. The predicted octanol–water partition coefficient (Wildman–Crippen LogP) is 0.228. The van der Waals surface area contributed by atoms with Gasteiger partial charge in [0.2, 0.25) is 10.0 Å². The lowest BCUT2D eigenvalue weighted by Crippen LogP contribution is -2.47. The van der Waals surface area contributed by atoms with Gasteiger partial charge in [-0.1, -0.05) is 5.16 Å². The second kappa shape index (κ2) is 4.40. The van der Waals surface area contributed by atoms with Crippen LogP contribution in [0.1, 0.15) is 11.5 Å². The summed E-state index contributed by atoms with van der Waals surface area (Å²) in [6.45, 7) is 5.82. The Kier molecular flexibility index (Phi) is 3.24. The Balaban J connectivity index is 2.31. The van der Waals surface area contributed by atoms with Crippen LogP contribution in [0.25, 0.3) is 0 Å². The van der Waals surface area contributed by atoms with Crippen LogP contribution in [0.3, 0.4) is 0 Å². The average Bonchev–Trinajstić information content (AvgIpc) is 2.59. The lowest BCUT2D eigenvalue weighted by Gasteiger charge is -2.31. The van der Waals surface area contributed by atoms with E-state index < -0.39 is 10.0 Å². The third-order valence-electron chi connectivity index (χ3n) is 3.03. The van der Waals surface area contributed by atoms with Gasteiger partial charge < -0.3 is 9.42 Å². The van der Waals surface area contributed by atoms with Crippen LogP contribution in [0, 0.1) is 13.8 Å². The SMILES string of the molecule is Cc1noc(C)c1S(=O)(=O)N1CCN(C)CC1. The van der Waals surface area contributed by atoms with Crippen molar-refractivity contribution in [1.82, 2.24) is 14.4 Å². The third kappa shape index (κ3) is 2.22. The van der Waals surface area contributed by atoms with Crippen molar-refractivity contribution in [3.05, 3.63) is 11.5 Å². The molecule has 7 heteroatoms. The molecule has 0 saturated carbocycles. The molecule has 17 heavy (non-hydrogen) atoms. The quantitative estimate of drug-likeness (QED) is 0.760. The van der Waals surface area contributed by atoms with Crippen molar-refractivity contribution in [3.8, 4) is 0 Å². The van der Waals surface area contributed by atoms with Crippen LogP contribution in [0.15, 0.2) is 9.42 Å². The number of likely N-dealkylation sites (N-methyl/N-ethyl adjacent to an activating group) is 1. The Bertz CT molecular complexity index is 481. The minimum atomic E-state index is -3.45. The molecule has 1 aromatic rings. The summed E-state index contributed by atoms with van der Waals surface area (Å²) in [5, 5.41) is 3.70. The number of nitrogens with zero attached hydrogens (tertiary/aromatic N) is 3. The van der Waals surface area contributed by atoms with E-state index in [2.05, 4.69) is 10.1 Å². The molecule has 0 atom stereocenters. The minimum absolute atomic E-state index is 0.224. The molecule has 0 N–H and O–H groups in total. The Morgan fingerprint density at radius 3 is 2.24 bits per heavy atom. The van der Waals surface area contributed by atoms with Crippen molar-refractivity contribution in [2.45, 2.75) is 18.7 Å². The summed E-state index contributed by atoms with van der Waals surface area (Å²) in [5.41, 5.74) is 0.432. The van der Waals surface area contributed by atoms with Gasteiger partial charge in [-0.25, -0.2) is 8.42 Å². The standard InChI is InChI=1S/C10H17N3O3S/c1-8-10(9(2)16-11-8)17(14,15)13-6-4-12(3)5-7-13/h4-7H2,1-3H3. The zero-order valence-electron chi connectivity index (χ0n) is 10.3. The van der Waals surface area contributed by atoms with Crippen molar-refractivity contribution in [3.63, 3.8) is 0 Å². The molecule has 1 aliphatic rings. The Hall–Kier alpha value is -0.920. The second-order valence-electron chi connectivity index (χ2n) is 4.36. The normalized spacial score (nSPS) is 19.7. The maximum absolute atomic E-state index is 12.4. The highest BCUT2D eigenvalue weighted by molar-refractivity contribution is 7.89. The molecule has 0 amide bonds. The number of piperazine rings is 1. The topological polar surface area (TPSA) is 66.7 Å². The Labute approximate surface area is 101 Å². The molecule has 1 aliphatic heterocycles. The van der Waals surface area contributed by atoms with E-state index in [1.54, 1.807) is 13.8 Å². The first-order valence-corrected chi connectivity index (χ1v) is 6.98. The van der Waals surface area contributed by atoms with Crippen LogP contribution in [0.5, 0.6) is 0 Å². The number of aromatic nitrogens is 1. The fourth-order valence-electron chi connectivity index (χ4n) is 2.00. The first-order chi connectivity index (χ1) is 7.93. The molecule has 0 bridgehead atoms. The molecule has 0 aliphatic carbocycles. The van der Waals surface area contributed by atoms with E-state index in [-0.39, 0.29) is 4.90 Å². The van der Waals surface area contributed by atoms with Crippen LogP contribution >= 0.6 is 0 Å². The molecule has 0 aromatic carbocycles. The predicted molar refractivity (Wildman–Crippen MR) is 62.2 cm³/mol. The van der Waals surface area contributed by atoms with E-state index in [0.29, 0.717) is 24.5 Å². The summed E-state index contributed by atoms with van der Waals surface area (Å²) in [5.74, 6) is 0.362. The van der Waals surface area contributed by atoms with Gasteiger partial charge in [-0.15, -0.1) is 0 Å². The highest BCUT2D eigenvalue weighted by Crippen LogP contribution is 2.23. The second-order valence-corrected chi connectivity index (χ2v) is 6.24. The maximum Gasteiger partial charge on any atom is 0.248 e. The zero-order chi connectivity index (χ0) is 12.6. The van der Waals surface area contributed by atoms with Crippen molar-refractivity contribution in [1.29, 1.82) is 0 Å². The van der Waals surface area contributed by atoms with E-state index in [9.17, 15) is 8.42 Å². The monoisotopic (exact) mass is 259 g/mol. The van der Waals surface area contributed by atoms with Gasteiger partial charge in [0.1, 0.15) is 10.6 Å². The molecule has 1 aromatic heterocycles. The van der Waals surface area contributed by atoms with Gasteiger partial charge in [0.25, 0.3) is 0 Å². The molecular formula is C10H17N3O3S. The van der Waals surface area contributed by atoms with E-state index >= 15 is 0 Å². The number of hydrogen-bond acceptors (Lipinski definition) is 5. The van der Waals surface area contributed by atoms with Crippen LogP contribution in [-0.4, -0.2) is 56.0 Å². The first kappa shape index (κ1) is 12.5. The summed E-state index contributed by atoms with van der Waals surface area (Å²) < 4.78 is 31.2. The van der Waals surface area contributed by atoms with Crippen molar-refractivity contribution in [2.75, 3.05) is 33.2 Å². The number of rotatable bonds is 2. The van der Waals surface area contributed by atoms with Crippen LogP contribution < -0.4 is 0 Å². The minimum Gasteiger partial charge on any atom is -0.360 e. The lowest BCUT2D eigenvalue weighted by atomic mass is 10.4. The van der Waals surface area contributed by atoms with Gasteiger partial charge in [0, 0.05) is 26.2 Å². The largest absolute Gasteiger partial charge is 0.360 e. The van der Waals surface area contributed by atoms with Crippen molar-refractivity contribution < 1.29 is 12.9 Å². The molecule has 96 valence electrons. The molecule has 0 spiro atoms. The Morgan fingerprint density at radius 2 is 1.76 bits per heavy atom.